The van der Waals surface area contributed by atoms with Crippen molar-refractivity contribution in [2.45, 2.75) is 33.3 Å². The second-order valence-electron chi connectivity index (χ2n) is 6.38. The van der Waals surface area contributed by atoms with E-state index in [-0.39, 0.29) is 23.2 Å². The lowest BCUT2D eigenvalue weighted by molar-refractivity contribution is -0.147. The molecule has 0 aromatic carbocycles. The SMILES string of the molecule is CC(=O)[C@H]1CN(C(=O)OC(C)(C)C)CC12COC2. The van der Waals surface area contributed by atoms with Gasteiger partial charge in [0.1, 0.15) is 11.4 Å². The van der Waals surface area contributed by atoms with Gasteiger partial charge in [0.25, 0.3) is 0 Å². The average molecular weight is 255 g/mol. The van der Waals surface area contributed by atoms with Gasteiger partial charge in [-0.1, -0.05) is 0 Å². The largest absolute Gasteiger partial charge is 0.444 e. The maximum absolute atomic E-state index is 12.0. The number of ether oxygens (including phenoxy) is 2. The van der Waals surface area contributed by atoms with Gasteiger partial charge < -0.3 is 14.4 Å². The van der Waals surface area contributed by atoms with Gasteiger partial charge in [-0.2, -0.15) is 0 Å². The third kappa shape index (κ3) is 2.36. The van der Waals surface area contributed by atoms with E-state index in [2.05, 4.69) is 0 Å². The van der Waals surface area contributed by atoms with Crippen molar-refractivity contribution in [3.8, 4) is 0 Å². The fourth-order valence-corrected chi connectivity index (χ4v) is 2.65. The molecule has 2 rings (SSSR count). The molecule has 0 unspecified atom stereocenters. The topological polar surface area (TPSA) is 55.8 Å². The molecule has 18 heavy (non-hydrogen) atoms. The molecule has 5 nitrogen and oxygen atoms in total. The number of hydrogen-bond donors (Lipinski definition) is 0. The van der Waals surface area contributed by atoms with E-state index in [4.69, 9.17) is 9.47 Å². The van der Waals surface area contributed by atoms with Crippen molar-refractivity contribution >= 4 is 11.9 Å². The molecule has 0 aromatic heterocycles. The molecule has 0 saturated carbocycles. The Morgan fingerprint density at radius 2 is 1.94 bits per heavy atom. The van der Waals surface area contributed by atoms with E-state index in [1.54, 1.807) is 11.8 Å². The summed E-state index contributed by atoms with van der Waals surface area (Å²) in [6.45, 7) is 9.25. The van der Waals surface area contributed by atoms with E-state index in [1.807, 2.05) is 20.8 Å². The van der Waals surface area contributed by atoms with Crippen molar-refractivity contribution in [2.75, 3.05) is 26.3 Å². The summed E-state index contributed by atoms with van der Waals surface area (Å²) in [6, 6.07) is 0. The molecule has 2 heterocycles. The van der Waals surface area contributed by atoms with E-state index in [0.717, 1.165) is 0 Å². The van der Waals surface area contributed by atoms with Crippen LogP contribution in [0.1, 0.15) is 27.7 Å². The zero-order chi connectivity index (χ0) is 13.6. The molecule has 0 bridgehead atoms. The summed E-state index contributed by atoms with van der Waals surface area (Å²) >= 11 is 0. The lowest BCUT2D eigenvalue weighted by Crippen LogP contribution is -2.50. The third-order valence-corrected chi connectivity index (χ3v) is 3.57. The van der Waals surface area contributed by atoms with E-state index in [0.29, 0.717) is 26.3 Å². The van der Waals surface area contributed by atoms with Crippen molar-refractivity contribution in [2.24, 2.45) is 11.3 Å². The zero-order valence-corrected chi connectivity index (χ0v) is 11.5. The van der Waals surface area contributed by atoms with Gasteiger partial charge >= 0.3 is 6.09 Å². The molecule has 5 heteroatoms. The van der Waals surface area contributed by atoms with Crippen LogP contribution < -0.4 is 0 Å². The predicted octanol–water partition coefficient (Wildman–Crippen LogP) is 1.46. The minimum atomic E-state index is -0.505. The lowest BCUT2D eigenvalue weighted by Gasteiger charge is -2.41. The number of likely N-dealkylation sites (tertiary alicyclic amines) is 1. The highest BCUT2D eigenvalue weighted by molar-refractivity contribution is 5.81. The van der Waals surface area contributed by atoms with Gasteiger partial charge in [0.2, 0.25) is 0 Å². The molecule has 2 aliphatic heterocycles. The molecule has 0 aromatic rings. The van der Waals surface area contributed by atoms with Crippen LogP contribution in [0.4, 0.5) is 4.79 Å². The van der Waals surface area contributed by atoms with Crippen LogP contribution in [0.5, 0.6) is 0 Å². The standard InChI is InChI=1S/C13H21NO4/c1-9(15)10-5-14(6-13(10)7-17-8-13)11(16)18-12(2,3)4/h10H,5-8H2,1-4H3/t10-/m1/s1. The van der Waals surface area contributed by atoms with Crippen molar-refractivity contribution in [1.29, 1.82) is 0 Å². The molecule has 0 radical (unpaired) electrons. The summed E-state index contributed by atoms with van der Waals surface area (Å²) in [5, 5.41) is 0. The van der Waals surface area contributed by atoms with Crippen molar-refractivity contribution in [3.05, 3.63) is 0 Å². The highest BCUT2D eigenvalue weighted by Gasteiger charge is 2.55. The monoisotopic (exact) mass is 255 g/mol. The molecular weight excluding hydrogens is 234 g/mol. The van der Waals surface area contributed by atoms with Crippen molar-refractivity contribution in [1.82, 2.24) is 4.90 Å². The van der Waals surface area contributed by atoms with Gasteiger partial charge in [-0.25, -0.2) is 4.79 Å². The first-order valence-corrected chi connectivity index (χ1v) is 6.30. The maximum Gasteiger partial charge on any atom is 0.410 e. The molecular formula is C13H21NO4. The fourth-order valence-electron chi connectivity index (χ4n) is 2.65. The number of rotatable bonds is 1. The van der Waals surface area contributed by atoms with E-state index >= 15 is 0 Å². The van der Waals surface area contributed by atoms with Gasteiger partial charge in [-0.05, 0) is 27.7 Å². The summed E-state index contributed by atoms with van der Waals surface area (Å²) in [5.41, 5.74) is -0.669. The first kappa shape index (κ1) is 13.3. The van der Waals surface area contributed by atoms with E-state index < -0.39 is 5.60 Å². The lowest BCUT2D eigenvalue weighted by atomic mass is 9.74. The molecule has 2 aliphatic rings. The minimum Gasteiger partial charge on any atom is -0.444 e. The van der Waals surface area contributed by atoms with Crippen LogP contribution in [0, 0.1) is 11.3 Å². The molecule has 1 amide bonds. The van der Waals surface area contributed by atoms with Crippen LogP contribution in [-0.2, 0) is 14.3 Å². The smallest absolute Gasteiger partial charge is 0.410 e. The summed E-state index contributed by atoms with van der Waals surface area (Å²) < 4.78 is 10.6. The summed E-state index contributed by atoms with van der Waals surface area (Å²) in [7, 11) is 0. The molecule has 0 aliphatic carbocycles. The maximum atomic E-state index is 12.0. The van der Waals surface area contributed by atoms with Crippen LogP contribution in [0.3, 0.4) is 0 Å². The van der Waals surface area contributed by atoms with Gasteiger partial charge in [0.05, 0.1) is 13.2 Å². The Kier molecular flexibility index (Phi) is 3.13. The van der Waals surface area contributed by atoms with Crippen LogP contribution in [0.25, 0.3) is 0 Å². The second-order valence-corrected chi connectivity index (χ2v) is 6.38. The average Bonchev–Trinajstić information content (AvgIpc) is 2.53. The third-order valence-electron chi connectivity index (χ3n) is 3.57. The normalized spacial score (nSPS) is 26.0. The second kappa shape index (κ2) is 4.23. The first-order chi connectivity index (χ1) is 8.23. The zero-order valence-electron chi connectivity index (χ0n) is 11.5. The minimum absolute atomic E-state index is 0.112. The summed E-state index contributed by atoms with van der Waals surface area (Å²) in [5.74, 6) is 0.0168. The molecule has 1 spiro atoms. The Hall–Kier alpha value is -1.10. The number of hydrogen-bond acceptors (Lipinski definition) is 4. The predicted molar refractivity (Wildman–Crippen MR) is 65.2 cm³/mol. The number of amides is 1. The fraction of sp³-hybridized carbons (Fsp3) is 0.846. The molecule has 0 N–H and O–H groups in total. The quantitative estimate of drug-likeness (QED) is 0.711. The number of Topliss-reactive ketones (excluding diaryl/α,β-unsaturated/α-hetero) is 1. The van der Waals surface area contributed by atoms with Gasteiger partial charge in [0, 0.05) is 24.4 Å². The Bertz CT molecular complexity index is 368. The van der Waals surface area contributed by atoms with Crippen LogP contribution in [-0.4, -0.2) is 48.7 Å². The highest BCUT2D eigenvalue weighted by atomic mass is 16.6. The summed E-state index contributed by atoms with van der Waals surface area (Å²) in [6.07, 6.45) is -0.336. The van der Waals surface area contributed by atoms with Crippen LogP contribution >= 0.6 is 0 Å². The molecule has 2 fully saturated rings. The Morgan fingerprint density at radius 1 is 1.33 bits per heavy atom. The van der Waals surface area contributed by atoms with E-state index in [9.17, 15) is 9.59 Å². The van der Waals surface area contributed by atoms with Crippen molar-refractivity contribution < 1.29 is 19.1 Å². The Labute approximate surface area is 107 Å². The van der Waals surface area contributed by atoms with Gasteiger partial charge in [-0.3, -0.25) is 4.79 Å². The van der Waals surface area contributed by atoms with Gasteiger partial charge in [0.15, 0.2) is 0 Å². The summed E-state index contributed by atoms with van der Waals surface area (Å²) in [4.78, 5) is 25.3. The number of nitrogens with zero attached hydrogens (tertiary/aromatic N) is 1. The highest BCUT2D eigenvalue weighted by Crippen LogP contribution is 2.43. The Morgan fingerprint density at radius 3 is 2.28 bits per heavy atom. The first-order valence-electron chi connectivity index (χ1n) is 6.30. The van der Waals surface area contributed by atoms with Crippen LogP contribution in [0.2, 0.25) is 0 Å². The molecule has 1 atom stereocenters. The van der Waals surface area contributed by atoms with Crippen LogP contribution in [0.15, 0.2) is 0 Å². The number of carbonyl (C=O) groups excluding carboxylic acids is 2. The van der Waals surface area contributed by atoms with E-state index in [1.165, 1.54) is 0 Å². The molecule has 2 saturated heterocycles. The van der Waals surface area contributed by atoms with Crippen molar-refractivity contribution in [3.63, 3.8) is 0 Å². The van der Waals surface area contributed by atoms with Gasteiger partial charge in [-0.15, -0.1) is 0 Å². The molecule has 102 valence electrons. The number of ketones is 1. The Balaban J connectivity index is 2.05. The number of carbonyl (C=O) groups is 2.